The van der Waals surface area contributed by atoms with Crippen LogP contribution < -0.4 is 18.9 Å². The van der Waals surface area contributed by atoms with Crippen LogP contribution in [-0.4, -0.2) is 72.7 Å². The number of ether oxygens (including phenoxy) is 4. The Morgan fingerprint density at radius 3 is 0.906 bits per heavy atom. The molecular formula is C56H78N4O4. The van der Waals surface area contributed by atoms with Gasteiger partial charge in [0.1, 0.15) is 49.9 Å². The summed E-state index contributed by atoms with van der Waals surface area (Å²) < 4.78 is 24.7. The lowest BCUT2D eigenvalue weighted by Crippen LogP contribution is -2.33. The van der Waals surface area contributed by atoms with Gasteiger partial charge < -0.3 is 18.9 Å². The predicted molar refractivity (Wildman–Crippen MR) is 261 cm³/mol. The number of unbranched alkanes of at least 4 members (excludes halogenated alkanes) is 10. The van der Waals surface area contributed by atoms with Crippen molar-refractivity contribution in [2.45, 2.75) is 156 Å². The lowest BCUT2D eigenvalue weighted by molar-refractivity contribution is 0.0923. The van der Waals surface area contributed by atoms with Crippen molar-refractivity contribution in [3.05, 3.63) is 106 Å². The fourth-order valence-electron chi connectivity index (χ4n) is 9.79. The quantitative estimate of drug-likeness (QED) is 0.0864. The van der Waals surface area contributed by atoms with Gasteiger partial charge in [-0.15, -0.1) is 0 Å². The highest BCUT2D eigenvalue weighted by atomic mass is 16.5. The maximum absolute atomic E-state index is 6.24. The standard InChI is InChI=1S/C56H78N4O4/c1-55(2,3)49-21-25-53-47(33-49)37-59(41-63-53)29-17-13-9-7-11-15-27-57-35-45-31-43(19-23-51(45)61-39-57)44-20-24-52-46(32-44)36-58(40-62-52)28-16-12-8-10-14-18-30-60-38-48-34-50(56(4,5)6)22-26-54(48)64-42-60/h19-26,31-34H,7-18,27-30,35-42H2,1-6H3. The van der Waals surface area contributed by atoms with Gasteiger partial charge in [0.15, 0.2) is 0 Å². The molecule has 0 bridgehead atoms. The van der Waals surface area contributed by atoms with E-state index in [4.69, 9.17) is 18.9 Å². The molecule has 0 aliphatic carbocycles. The van der Waals surface area contributed by atoms with Crippen molar-refractivity contribution in [2.24, 2.45) is 0 Å². The van der Waals surface area contributed by atoms with E-state index in [1.165, 1.54) is 122 Å². The molecule has 346 valence electrons. The molecule has 0 saturated heterocycles. The molecule has 0 aromatic heterocycles. The SMILES string of the molecule is CC(C)(C)c1ccc2c(c1)CN(CCCCCCCCN1COc3ccc(-c4ccc5c(c4)CN(CCCCCCCCN4COc6ccc(C(C)(C)C)cc6C4)CO5)cc3C1)CO2. The van der Waals surface area contributed by atoms with Crippen LogP contribution in [0.4, 0.5) is 0 Å². The van der Waals surface area contributed by atoms with E-state index in [1.54, 1.807) is 0 Å². The molecule has 0 amide bonds. The van der Waals surface area contributed by atoms with Crippen molar-refractivity contribution in [2.75, 3.05) is 53.1 Å². The van der Waals surface area contributed by atoms with E-state index < -0.39 is 0 Å². The molecule has 4 heterocycles. The van der Waals surface area contributed by atoms with E-state index in [9.17, 15) is 0 Å². The van der Waals surface area contributed by atoms with Crippen LogP contribution in [0.3, 0.4) is 0 Å². The molecule has 4 aromatic rings. The van der Waals surface area contributed by atoms with E-state index in [-0.39, 0.29) is 10.8 Å². The van der Waals surface area contributed by atoms with Crippen LogP contribution in [0.15, 0.2) is 72.8 Å². The monoisotopic (exact) mass is 871 g/mol. The number of rotatable bonds is 19. The summed E-state index contributed by atoms with van der Waals surface area (Å²) in [5, 5.41) is 0. The first kappa shape index (κ1) is 46.4. The molecule has 0 atom stereocenters. The summed E-state index contributed by atoms with van der Waals surface area (Å²) in [7, 11) is 0. The van der Waals surface area contributed by atoms with Gasteiger partial charge >= 0.3 is 0 Å². The first-order valence-electron chi connectivity index (χ1n) is 24.9. The van der Waals surface area contributed by atoms with Gasteiger partial charge in [-0.1, -0.05) is 129 Å². The second kappa shape index (κ2) is 21.5. The zero-order valence-electron chi connectivity index (χ0n) is 40.3. The van der Waals surface area contributed by atoms with E-state index in [2.05, 4.69) is 134 Å². The minimum absolute atomic E-state index is 0.161. The second-order valence-corrected chi connectivity index (χ2v) is 21.3. The number of benzene rings is 4. The number of hydrogen-bond donors (Lipinski definition) is 0. The summed E-state index contributed by atoms with van der Waals surface area (Å²) in [5.74, 6) is 4.18. The Labute approximate surface area is 386 Å². The highest BCUT2D eigenvalue weighted by Crippen LogP contribution is 2.36. The Bertz CT molecular complexity index is 1990. The van der Waals surface area contributed by atoms with Gasteiger partial charge in [-0.05, 0) is 95.2 Å². The van der Waals surface area contributed by atoms with Crippen LogP contribution >= 0.6 is 0 Å². The zero-order chi connectivity index (χ0) is 44.5. The molecule has 8 heteroatoms. The van der Waals surface area contributed by atoms with Crippen LogP contribution in [0.2, 0.25) is 0 Å². The van der Waals surface area contributed by atoms with Gasteiger partial charge in [-0.3, -0.25) is 19.6 Å². The minimum atomic E-state index is 0.161. The number of fused-ring (bicyclic) bond motifs is 4. The van der Waals surface area contributed by atoms with Crippen molar-refractivity contribution in [3.8, 4) is 34.1 Å². The normalized spacial score (nSPS) is 17.0. The molecular weight excluding hydrogens is 793 g/mol. The van der Waals surface area contributed by atoms with Crippen molar-refractivity contribution >= 4 is 0 Å². The van der Waals surface area contributed by atoms with Crippen molar-refractivity contribution in [1.29, 1.82) is 0 Å². The molecule has 0 N–H and O–H groups in total. The summed E-state index contributed by atoms with van der Waals surface area (Å²) in [6.45, 7) is 24.7. The van der Waals surface area contributed by atoms with Gasteiger partial charge in [-0.25, -0.2) is 0 Å². The van der Waals surface area contributed by atoms with Gasteiger partial charge in [-0.2, -0.15) is 0 Å². The van der Waals surface area contributed by atoms with Crippen molar-refractivity contribution < 1.29 is 18.9 Å². The largest absolute Gasteiger partial charge is 0.478 e. The maximum atomic E-state index is 6.24. The first-order valence-corrected chi connectivity index (χ1v) is 24.9. The molecule has 4 aliphatic rings. The fourth-order valence-corrected chi connectivity index (χ4v) is 9.79. The molecule has 0 saturated carbocycles. The molecule has 8 nitrogen and oxygen atoms in total. The number of hydrogen-bond acceptors (Lipinski definition) is 8. The van der Waals surface area contributed by atoms with Crippen LogP contribution in [0.1, 0.15) is 152 Å². The molecule has 0 unspecified atom stereocenters. The van der Waals surface area contributed by atoms with Crippen LogP contribution in [0.25, 0.3) is 11.1 Å². The van der Waals surface area contributed by atoms with Gasteiger partial charge in [0.25, 0.3) is 0 Å². The van der Waals surface area contributed by atoms with E-state index in [0.717, 1.165) is 75.4 Å². The third-order valence-electron chi connectivity index (χ3n) is 13.9. The van der Waals surface area contributed by atoms with Crippen molar-refractivity contribution in [3.63, 3.8) is 0 Å². The summed E-state index contributed by atoms with van der Waals surface area (Å²) in [6.07, 6.45) is 15.2. The molecule has 8 rings (SSSR count). The first-order chi connectivity index (χ1) is 30.9. The second-order valence-electron chi connectivity index (χ2n) is 21.3. The fraction of sp³-hybridized carbons (Fsp3) is 0.571. The van der Waals surface area contributed by atoms with Crippen LogP contribution in [0, 0.1) is 0 Å². The molecule has 64 heavy (non-hydrogen) atoms. The van der Waals surface area contributed by atoms with Crippen LogP contribution in [-0.2, 0) is 37.0 Å². The number of nitrogens with zero attached hydrogens (tertiary/aromatic N) is 4. The average Bonchev–Trinajstić information content (AvgIpc) is 3.29. The molecule has 0 radical (unpaired) electrons. The maximum Gasteiger partial charge on any atom is 0.142 e. The zero-order valence-corrected chi connectivity index (χ0v) is 40.3. The predicted octanol–water partition coefficient (Wildman–Crippen LogP) is 12.6. The molecule has 0 fully saturated rings. The summed E-state index contributed by atoms with van der Waals surface area (Å²) in [4.78, 5) is 9.86. The minimum Gasteiger partial charge on any atom is -0.478 e. The highest BCUT2D eigenvalue weighted by molar-refractivity contribution is 5.68. The van der Waals surface area contributed by atoms with Crippen LogP contribution in [0.5, 0.6) is 23.0 Å². The Morgan fingerprint density at radius 2 is 0.609 bits per heavy atom. The molecule has 4 aliphatic heterocycles. The van der Waals surface area contributed by atoms with Gasteiger partial charge in [0.2, 0.25) is 0 Å². The van der Waals surface area contributed by atoms with Crippen molar-refractivity contribution in [1.82, 2.24) is 19.6 Å². The lowest BCUT2D eigenvalue weighted by atomic mass is 9.86. The van der Waals surface area contributed by atoms with Gasteiger partial charge in [0, 0.05) is 74.6 Å². The Kier molecular flexibility index (Phi) is 15.6. The van der Waals surface area contributed by atoms with Gasteiger partial charge in [0.05, 0.1) is 0 Å². The topological polar surface area (TPSA) is 49.9 Å². The Balaban J connectivity index is 0.689. The highest BCUT2D eigenvalue weighted by Gasteiger charge is 2.24. The van der Waals surface area contributed by atoms with E-state index in [0.29, 0.717) is 26.9 Å². The Hall–Kier alpha value is -4.08. The van der Waals surface area contributed by atoms with E-state index >= 15 is 0 Å². The smallest absolute Gasteiger partial charge is 0.142 e. The summed E-state index contributed by atoms with van der Waals surface area (Å²) >= 11 is 0. The third kappa shape index (κ3) is 12.6. The lowest BCUT2D eigenvalue weighted by Gasteiger charge is -2.30. The van der Waals surface area contributed by atoms with E-state index in [1.807, 2.05) is 0 Å². The third-order valence-corrected chi connectivity index (χ3v) is 13.9. The average molecular weight is 871 g/mol. The molecule has 0 spiro atoms. The Morgan fingerprint density at radius 1 is 0.344 bits per heavy atom. The molecule has 4 aromatic carbocycles. The summed E-state index contributed by atoms with van der Waals surface area (Å²) in [5.41, 5.74) is 10.9. The summed E-state index contributed by atoms with van der Waals surface area (Å²) in [6, 6.07) is 27.0.